The van der Waals surface area contributed by atoms with Crippen molar-refractivity contribution in [3.8, 4) is 0 Å². The Balaban J connectivity index is 1.60. The number of hydrogen-bond acceptors (Lipinski definition) is 0. The first kappa shape index (κ1) is 17.2. The van der Waals surface area contributed by atoms with Gasteiger partial charge in [0.1, 0.15) is 0 Å². The Morgan fingerprint density at radius 2 is 1.71 bits per heavy atom. The van der Waals surface area contributed by atoms with Gasteiger partial charge in [0.2, 0.25) is 0 Å². The highest BCUT2D eigenvalue weighted by Gasteiger charge is 2.60. The van der Waals surface area contributed by atoms with E-state index in [1.165, 1.54) is 51.4 Å². The number of allylic oxidation sites excluding steroid dienone is 1. The molecule has 0 aromatic rings. The van der Waals surface area contributed by atoms with Crippen LogP contribution < -0.4 is 0 Å². The molecule has 0 aromatic heterocycles. The van der Waals surface area contributed by atoms with Crippen molar-refractivity contribution in [2.75, 3.05) is 0 Å². The number of hydrogen-bond donors (Lipinski definition) is 0. The second kappa shape index (κ2) is 6.17. The van der Waals surface area contributed by atoms with Gasteiger partial charge in [-0.2, -0.15) is 0 Å². The molecule has 4 aliphatic rings. The van der Waals surface area contributed by atoms with Gasteiger partial charge in [0.25, 0.3) is 0 Å². The third kappa shape index (κ3) is 2.30. The second-order valence-corrected chi connectivity index (χ2v) is 10.4. The van der Waals surface area contributed by atoms with Crippen molar-refractivity contribution in [2.45, 2.75) is 91.4 Å². The highest BCUT2D eigenvalue weighted by atomic mass is 14.6. The van der Waals surface area contributed by atoms with E-state index in [0.29, 0.717) is 10.8 Å². The van der Waals surface area contributed by atoms with Crippen LogP contribution in [0, 0.1) is 46.3 Å². The molecule has 4 rings (SSSR count). The lowest BCUT2D eigenvalue weighted by atomic mass is 9.44. The van der Waals surface area contributed by atoms with E-state index in [0.717, 1.165) is 35.5 Å². The fourth-order valence-electron chi connectivity index (χ4n) is 8.65. The molecule has 0 spiro atoms. The minimum atomic E-state index is 0.619. The maximum atomic E-state index is 4.19. The molecule has 0 saturated heterocycles. The Hall–Kier alpha value is -0.260. The summed E-state index contributed by atoms with van der Waals surface area (Å²) in [6.07, 6.45) is 18.8. The predicted molar refractivity (Wildman–Crippen MR) is 104 cm³/mol. The third-order valence-corrected chi connectivity index (χ3v) is 9.95. The van der Waals surface area contributed by atoms with E-state index in [1.807, 2.05) is 0 Å². The molecular formula is C24H40. The normalized spacial score (nSPS) is 52.0. The molecule has 0 heterocycles. The lowest BCUT2D eigenvalue weighted by Crippen LogP contribution is -2.53. The average molecular weight is 329 g/mol. The molecule has 136 valence electrons. The van der Waals surface area contributed by atoms with Gasteiger partial charge in [-0.1, -0.05) is 39.7 Å². The van der Waals surface area contributed by atoms with Crippen LogP contribution >= 0.6 is 0 Å². The van der Waals surface area contributed by atoms with E-state index in [9.17, 15) is 0 Å². The standard InChI is InChI=1S/C24H40/c1-5-17(6-2)20-12-13-21-19-11-10-18-9-7-8-15-23(18,3)22(19)14-16-24(20,21)4/h5,17-22H,1,6-16H2,2-4H3. The van der Waals surface area contributed by atoms with E-state index in [-0.39, 0.29) is 0 Å². The molecule has 24 heavy (non-hydrogen) atoms. The SMILES string of the molecule is C=CC(CC)C1CCC2C3CCC4CCCCC4(C)C3CCC12C. The van der Waals surface area contributed by atoms with Gasteiger partial charge in [-0.3, -0.25) is 0 Å². The molecule has 0 nitrogen and oxygen atoms in total. The molecular weight excluding hydrogens is 288 g/mol. The fraction of sp³-hybridized carbons (Fsp3) is 0.917. The first-order chi connectivity index (χ1) is 11.5. The van der Waals surface area contributed by atoms with E-state index in [4.69, 9.17) is 0 Å². The van der Waals surface area contributed by atoms with E-state index in [2.05, 4.69) is 33.4 Å². The second-order valence-electron chi connectivity index (χ2n) is 10.4. The zero-order chi connectivity index (χ0) is 16.9. The molecule has 4 fully saturated rings. The van der Waals surface area contributed by atoms with Crippen molar-refractivity contribution < 1.29 is 0 Å². The fourth-order valence-corrected chi connectivity index (χ4v) is 8.65. The molecule has 4 aliphatic carbocycles. The molecule has 0 N–H and O–H groups in total. The molecule has 0 heteroatoms. The molecule has 8 atom stereocenters. The predicted octanol–water partition coefficient (Wildman–Crippen LogP) is 7.25. The van der Waals surface area contributed by atoms with Gasteiger partial charge in [-0.05, 0) is 104 Å². The quantitative estimate of drug-likeness (QED) is 0.479. The van der Waals surface area contributed by atoms with Crippen LogP contribution in [0.15, 0.2) is 12.7 Å². The first-order valence-corrected chi connectivity index (χ1v) is 11.2. The van der Waals surface area contributed by atoms with Crippen LogP contribution in [0.25, 0.3) is 0 Å². The number of rotatable bonds is 3. The zero-order valence-corrected chi connectivity index (χ0v) is 16.5. The zero-order valence-electron chi connectivity index (χ0n) is 16.5. The smallest absolute Gasteiger partial charge is 0.0205 e. The van der Waals surface area contributed by atoms with Crippen LogP contribution in [0.3, 0.4) is 0 Å². The van der Waals surface area contributed by atoms with E-state index < -0.39 is 0 Å². The van der Waals surface area contributed by atoms with E-state index >= 15 is 0 Å². The summed E-state index contributed by atoms with van der Waals surface area (Å²) in [5, 5.41) is 0. The van der Waals surface area contributed by atoms with Gasteiger partial charge < -0.3 is 0 Å². The summed E-state index contributed by atoms with van der Waals surface area (Å²) in [6, 6.07) is 0. The van der Waals surface area contributed by atoms with Crippen molar-refractivity contribution >= 4 is 0 Å². The maximum absolute atomic E-state index is 4.19. The Bertz CT molecular complexity index is 478. The highest BCUT2D eigenvalue weighted by molar-refractivity contribution is 5.10. The molecule has 0 radical (unpaired) electrons. The van der Waals surface area contributed by atoms with Crippen molar-refractivity contribution in [1.29, 1.82) is 0 Å². The van der Waals surface area contributed by atoms with Crippen molar-refractivity contribution in [3.05, 3.63) is 12.7 Å². The summed E-state index contributed by atoms with van der Waals surface area (Å²) < 4.78 is 0. The summed E-state index contributed by atoms with van der Waals surface area (Å²) in [5.74, 6) is 5.87. The van der Waals surface area contributed by atoms with Crippen molar-refractivity contribution in [1.82, 2.24) is 0 Å². The summed E-state index contributed by atoms with van der Waals surface area (Å²) in [5.41, 5.74) is 1.32. The molecule has 8 unspecified atom stereocenters. The highest BCUT2D eigenvalue weighted by Crippen LogP contribution is 2.68. The molecule has 0 aliphatic heterocycles. The number of fused-ring (bicyclic) bond motifs is 5. The van der Waals surface area contributed by atoms with Crippen LogP contribution in [-0.4, -0.2) is 0 Å². The van der Waals surface area contributed by atoms with Gasteiger partial charge in [0.05, 0.1) is 0 Å². The summed E-state index contributed by atoms with van der Waals surface area (Å²) in [7, 11) is 0. The van der Waals surface area contributed by atoms with Crippen molar-refractivity contribution in [2.24, 2.45) is 46.3 Å². The monoisotopic (exact) mass is 328 g/mol. The Morgan fingerprint density at radius 1 is 0.917 bits per heavy atom. The topological polar surface area (TPSA) is 0 Å². The maximum Gasteiger partial charge on any atom is -0.0205 e. The van der Waals surface area contributed by atoms with Gasteiger partial charge in [0.15, 0.2) is 0 Å². The van der Waals surface area contributed by atoms with Gasteiger partial charge >= 0.3 is 0 Å². The van der Waals surface area contributed by atoms with Gasteiger partial charge in [-0.25, -0.2) is 0 Å². The van der Waals surface area contributed by atoms with Crippen LogP contribution in [0.5, 0.6) is 0 Å². The van der Waals surface area contributed by atoms with Crippen LogP contribution in [0.2, 0.25) is 0 Å². The van der Waals surface area contributed by atoms with E-state index in [1.54, 1.807) is 19.3 Å². The Morgan fingerprint density at radius 3 is 2.46 bits per heavy atom. The average Bonchev–Trinajstić information content (AvgIpc) is 2.93. The van der Waals surface area contributed by atoms with Gasteiger partial charge in [0, 0.05) is 0 Å². The molecule has 0 bridgehead atoms. The minimum absolute atomic E-state index is 0.619. The summed E-state index contributed by atoms with van der Waals surface area (Å²) in [4.78, 5) is 0. The van der Waals surface area contributed by atoms with Crippen LogP contribution in [0.4, 0.5) is 0 Å². The summed E-state index contributed by atoms with van der Waals surface area (Å²) in [6.45, 7) is 12.0. The lowest BCUT2D eigenvalue weighted by Gasteiger charge is -2.61. The van der Waals surface area contributed by atoms with Crippen LogP contribution in [-0.2, 0) is 0 Å². The molecule has 0 aromatic carbocycles. The largest absolute Gasteiger partial charge is 0.103 e. The summed E-state index contributed by atoms with van der Waals surface area (Å²) >= 11 is 0. The Labute approximate surface area is 150 Å². The van der Waals surface area contributed by atoms with Crippen molar-refractivity contribution in [3.63, 3.8) is 0 Å². The lowest BCUT2D eigenvalue weighted by molar-refractivity contribution is -0.113. The minimum Gasteiger partial charge on any atom is -0.103 e. The first-order valence-electron chi connectivity index (χ1n) is 11.2. The Kier molecular flexibility index (Phi) is 4.41. The molecule has 4 saturated carbocycles. The van der Waals surface area contributed by atoms with Crippen LogP contribution in [0.1, 0.15) is 91.4 Å². The molecule has 0 amide bonds. The third-order valence-electron chi connectivity index (χ3n) is 9.95. The van der Waals surface area contributed by atoms with Gasteiger partial charge in [-0.15, -0.1) is 6.58 Å².